The van der Waals surface area contributed by atoms with Crippen molar-refractivity contribution in [2.75, 3.05) is 12.4 Å². The number of nitrogens with one attached hydrogen (secondary N) is 2. The van der Waals surface area contributed by atoms with Gasteiger partial charge in [0.15, 0.2) is 0 Å². The molecule has 0 fully saturated rings. The van der Waals surface area contributed by atoms with Gasteiger partial charge in [-0.3, -0.25) is 0 Å². The number of benzene rings is 1. The lowest BCUT2D eigenvalue weighted by molar-refractivity contribution is 0.668. The van der Waals surface area contributed by atoms with Gasteiger partial charge in [-0.25, -0.2) is 0 Å². The Labute approximate surface area is 114 Å². The molecule has 18 heavy (non-hydrogen) atoms. The molecule has 0 amide bonds. The molecule has 0 spiro atoms. The average molecular weight is 252 g/mol. The minimum Gasteiger partial charge on any atom is -0.383 e. The van der Waals surface area contributed by atoms with Gasteiger partial charge < -0.3 is 10.6 Å². The Morgan fingerprint density at radius 1 is 0.833 bits per heavy atom. The van der Waals surface area contributed by atoms with Gasteiger partial charge in [-0.15, -0.1) is 0 Å². The number of anilines is 1. The van der Waals surface area contributed by atoms with Gasteiger partial charge in [0.2, 0.25) is 0 Å². The summed E-state index contributed by atoms with van der Waals surface area (Å²) in [7, 11) is 1.95. The maximum absolute atomic E-state index is 3.33. The van der Waals surface area contributed by atoms with E-state index in [1.807, 2.05) is 20.9 Å². The molecule has 2 nitrogen and oxygen atoms in total. The zero-order valence-corrected chi connectivity index (χ0v) is 13.5. The highest BCUT2D eigenvalue weighted by Gasteiger charge is 1.92. The summed E-state index contributed by atoms with van der Waals surface area (Å²) >= 11 is 0. The smallest absolute Gasteiger partial charge is 0.0342 e. The highest BCUT2D eigenvalue weighted by molar-refractivity contribution is 5.44. The zero-order chi connectivity index (χ0) is 14.6. The fraction of sp³-hybridized carbons (Fsp3) is 0.625. The summed E-state index contributed by atoms with van der Waals surface area (Å²) in [6, 6.07) is 9.59. The minimum absolute atomic E-state index is 0.512. The van der Waals surface area contributed by atoms with Crippen LogP contribution in [0.5, 0.6) is 0 Å². The quantitative estimate of drug-likeness (QED) is 0.830. The van der Waals surface area contributed by atoms with Gasteiger partial charge in [-0.2, -0.15) is 0 Å². The standard InChI is InChI=1S/C10H15N.C4H11N.C2H6/c1-8(2)11-10-6-4-9(3)5-7-10;1-4(2)5-3;1-2/h4-8,11H,1-3H3;4-5H,1-3H3;1-2H3. The summed E-state index contributed by atoms with van der Waals surface area (Å²) in [5.41, 5.74) is 2.50. The highest BCUT2D eigenvalue weighted by atomic mass is 14.9. The van der Waals surface area contributed by atoms with E-state index in [4.69, 9.17) is 0 Å². The molecular weight excluding hydrogens is 220 g/mol. The number of aryl methyl sites for hydroxylation is 1. The maximum atomic E-state index is 3.33. The second-order valence-electron chi connectivity index (χ2n) is 4.61. The molecule has 0 unspecified atom stereocenters. The number of hydrogen-bond acceptors (Lipinski definition) is 2. The van der Waals surface area contributed by atoms with E-state index in [0.717, 1.165) is 0 Å². The van der Waals surface area contributed by atoms with Gasteiger partial charge in [0.25, 0.3) is 0 Å². The Bertz CT molecular complexity index is 263. The SMILES string of the molecule is CC.CNC(C)C.Cc1ccc(NC(C)C)cc1. The van der Waals surface area contributed by atoms with Crippen molar-refractivity contribution < 1.29 is 0 Å². The van der Waals surface area contributed by atoms with Gasteiger partial charge in [0.1, 0.15) is 0 Å². The van der Waals surface area contributed by atoms with E-state index in [9.17, 15) is 0 Å². The Hall–Kier alpha value is -1.02. The van der Waals surface area contributed by atoms with Crippen LogP contribution in [-0.2, 0) is 0 Å². The molecule has 0 saturated heterocycles. The summed E-state index contributed by atoms with van der Waals surface area (Å²) in [6.45, 7) is 14.6. The van der Waals surface area contributed by atoms with Gasteiger partial charge >= 0.3 is 0 Å². The third kappa shape index (κ3) is 13.0. The first-order chi connectivity index (χ1) is 8.45. The lowest BCUT2D eigenvalue weighted by atomic mass is 10.2. The number of rotatable bonds is 3. The van der Waals surface area contributed by atoms with Crippen LogP contribution in [0.25, 0.3) is 0 Å². The zero-order valence-electron chi connectivity index (χ0n) is 13.5. The first kappa shape index (κ1) is 19.3. The predicted octanol–water partition coefficient (Wildman–Crippen LogP) is 4.46. The summed E-state index contributed by atoms with van der Waals surface area (Å²) in [5, 5.41) is 6.36. The van der Waals surface area contributed by atoms with Crippen molar-refractivity contribution in [1.82, 2.24) is 5.32 Å². The molecule has 1 rings (SSSR count). The molecule has 1 aromatic carbocycles. The second kappa shape index (κ2) is 12.4. The summed E-state index contributed by atoms with van der Waals surface area (Å²) in [6.07, 6.45) is 0. The van der Waals surface area contributed by atoms with Crippen LogP contribution in [-0.4, -0.2) is 19.1 Å². The van der Waals surface area contributed by atoms with Crippen LogP contribution in [0.2, 0.25) is 0 Å². The van der Waals surface area contributed by atoms with E-state index in [0.29, 0.717) is 12.1 Å². The molecule has 0 radical (unpaired) electrons. The van der Waals surface area contributed by atoms with Gasteiger partial charge in [0.05, 0.1) is 0 Å². The third-order valence-electron chi connectivity index (χ3n) is 2.08. The average Bonchev–Trinajstić information content (AvgIpc) is 2.35. The van der Waals surface area contributed by atoms with E-state index < -0.39 is 0 Å². The molecule has 0 aliphatic heterocycles. The molecule has 2 N–H and O–H groups in total. The molecule has 0 aromatic heterocycles. The molecule has 1 aromatic rings. The fourth-order valence-corrected chi connectivity index (χ4v) is 0.983. The van der Waals surface area contributed by atoms with Crippen LogP contribution in [0.4, 0.5) is 5.69 Å². The third-order valence-corrected chi connectivity index (χ3v) is 2.08. The van der Waals surface area contributed by atoms with E-state index >= 15 is 0 Å². The Morgan fingerprint density at radius 2 is 1.22 bits per heavy atom. The lowest BCUT2D eigenvalue weighted by Gasteiger charge is -2.09. The van der Waals surface area contributed by atoms with Crippen molar-refractivity contribution in [3.8, 4) is 0 Å². The lowest BCUT2D eigenvalue weighted by Crippen LogP contribution is -2.15. The molecule has 0 aliphatic carbocycles. The molecule has 2 heteroatoms. The molecule has 0 bridgehead atoms. The van der Waals surface area contributed by atoms with E-state index in [1.165, 1.54) is 11.3 Å². The van der Waals surface area contributed by atoms with Gasteiger partial charge in [-0.05, 0) is 40.0 Å². The molecule has 0 aliphatic rings. The Kier molecular flexibility index (Phi) is 13.4. The molecular formula is C16H32N2. The molecule has 0 atom stereocenters. The normalized spacial score (nSPS) is 9.22. The van der Waals surface area contributed by atoms with Gasteiger partial charge in [0, 0.05) is 17.8 Å². The van der Waals surface area contributed by atoms with Crippen molar-refractivity contribution in [1.29, 1.82) is 0 Å². The first-order valence-electron chi connectivity index (χ1n) is 6.96. The van der Waals surface area contributed by atoms with Crippen LogP contribution >= 0.6 is 0 Å². The Morgan fingerprint density at radius 3 is 1.50 bits per heavy atom. The minimum atomic E-state index is 0.512. The largest absolute Gasteiger partial charge is 0.383 e. The van der Waals surface area contributed by atoms with E-state index in [-0.39, 0.29) is 0 Å². The Balaban J connectivity index is 0. The van der Waals surface area contributed by atoms with Crippen LogP contribution in [0.3, 0.4) is 0 Å². The van der Waals surface area contributed by atoms with Crippen LogP contribution in [0.1, 0.15) is 47.1 Å². The summed E-state index contributed by atoms with van der Waals surface area (Å²) < 4.78 is 0. The predicted molar refractivity (Wildman–Crippen MR) is 85.5 cm³/mol. The topological polar surface area (TPSA) is 24.1 Å². The first-order valence-corrected chi connectivity index (χ1v) is 6.96. The molecule has 0 saturated carbocycles. The maximum Gasteiger partial charge on any atom is 0.0342 e. The molecule has 0 heterocycles. The van der Waals surface area contributed by atoms with Crippen molar-refractivity contribution in [3.05, 3.63) is 29.8 Å². The van der Waals surface area contributed by atoms with Crippen molar-refractivity contribution in [2.24, 2.45) is 0 Å². The fourth-order valence-electron chi connectivity index (χ4n) is 0.983. The summed E-state index contributed by atoms with van der Waals surface area (Å²) in [4.78, 5) is 0. The monoisotopic (exact) mass is 252 g/mol. The van der Waals surface area contributed by atoms with E-state index in [1.54, 1.807) is 0 Å². The van der Waals surface area contributed by atoms with Crippen molar-refractivity contribution in [2.45, 2.75) is 60.5 Å². The van der Waals surface area contributed by atoms with Crippen LogP contribution in [0, 0.1) is 6.92 Å². The van der Waals surface area contributed by atoms with Gasteiger partial charge in [-0.1, -0.05) is 45.4 Å². The number of hydrogen-bond donors (Lipinski definition) is 2. The van der Waals surface area contributed by atoms with E-state index in [2.05, 4.69) is 69.5 Å². The second-order valence-corrected chi connectivity index (χ2v) is 4.61. The van der Waals surface area contributed by atoms with Crippen LogP contribution < -0.4 is 10.6 Å². The molecule has 106 valence electrons. The van der Waals surface area contributed by atoms with Crippen molar-refractivity contribution in [3.63, 3.8) is 0 Å². The highest BCUT2D eigenvalue weighted by Crippen LogP contribution is 2.09. The summed E-state index contributed by atoms with van der Waals surface area (Å²) in [5.74, 6) is 0. The van der Waals surface area contributed by atoms with Crippen molar-refractivity contribution >= 4 is 5.69 Å². The van der Waals surface area contributed by atoms with Crippen LogP contribution in [0.15, 0.2) is 24.3 Å².